The Morgan fingerprint density at radius 1 is 1.04 bits per heavy atom. The topological polar surface area (TPSA) is 49.8 Å². The molecule has 0 amide bonds. The molecule has 0 saturated heterocycles. The molecule has 26 heavy (non-hydrogen) atoms. The van der Waals surface area contributed by atoms with E-state index < -0.39 is 0 Å². The van der Waals surface area contributed by atoms with Crippen LogP contribution in [-0.2, 0) is 0 Å². The van der Waals surface area contributed by atoms with E-state index in [-0.39, 0.29) is 11.9 Å². The molecule has 0 spiro atoms. The van der Waals surface area contributed by atoms with Gasteiger partial charge >= 0.3 is 0 Å². The molecule has 1 atom stereocenters. The normalized spacial score (nSPS) is 11.8. The third-order valence-corrected chi connectivity index (χ3v) is 4.23. The van der Waals surface area contributed by atoms with Crippen LogP contribution >= 0.6 is 0 Å². The molecule has 1 heterocycles. The number of anilines is 3. The predicted octanol–water partition coefficient (Wildman–Crippen LogP) is 5.55. The fourth-order valence-electron chi connectivity index (χ4n) is 2.47. The van der Waals surface area contributed by atoms with Gasteiger partial charge in [0.15, 0.2) is 0 Å². The van der Waals surface area contributed by atoms with E-state index >= 15 is 0 Å². The van der Waals surface area contributed by atoms with Gasteiger partial charge in [-0.1, -0.05) is 43.3 Å². The number of hydrogen-bond acceptors (Lipinski definition) is 4. The van der Waals surface area contributed by atoms with Crippen LogP contribution in [-0.4, -0.2) is 16.0 Å². The van der Waals surface area contributed by atoms with Gasteiger partial charge in [-0.25, -0.2) is 9.37 Å². The van der Waals surface area contributed by atoms with Crippen LogP contribution in [0.1, 0.15) is 25.8 Å². The molecule has 0 saturated carbocycles. The zero-order valence-electron chi connectivity index (χ0n) is 15.3. The van der Waals surface area contributed by atoms with E-state index in [4.69, 9.17) is 0 Å². The summed E-state index contributed by atoms with van der Waals surface area (Å²) in [6, 6.07) is 17.1. The summed E-state index contributed by atoms with van der Waals surface area (Å²) in [5.41, 5.74) is 3.07. The maximum atomic E-state index is 13.8. The number of rotatable bonds is 6. The molecule has 4 nitrogen and oxygen atoms in total. The predicted molar refractivity (Wildman–Crippen MR) is 105 cm³/mol. The Morgan fingerprint density at radius 2 is 1.81 bits per heavy atom. The van der Waals surface area contributed by atoms with Gasteiger partial charge in [-0.05, 0) is 38.0 Å². The average molecular weight is 350 g/mol. The number of halogens is 1. The molecule has 0 unspecified atom stereocenters. The van der Waals surface area contributed by atoms with E-state index in [2.05, 4.69) is 34.4 Å². The van der Waals surface area contributed by atoms with Gasteiger partial charge in [0.1, 0.15) is 11.6 Å². The molecule has 1 aromatic heterocycles. The van der Waals surface area contributed by atoms with Crippen molar-refractivity contribution < 1.29 is 4.39 Å². The molecule has 0 radical (unpaired) electrons. The van der Waals surface area contributed by atoms with Crippen LogP contribution in [0.4, 0.5) is 21.8 Å². The average Bonchev–Trinajstić information content (AvgIpc) is 2.65. The third kappa shape index (κ3) is 4.36. The third-order valence-electron chi connectivity index (χ3n) is 4.23. The van der Waals surface area contributed by atoms with Gasteiger partial charge in [0.05, 0.1) is 5.69 Å². The number of aryl methyl sites for hydroxylation is 1. The summed E-state index contributed by atoms with van der Waals surface area (Å²) in [4.78, 5) is 9.17. The Bertz CT molecular complexity index is 880. The number of nitrogens with one attached hydrogen (secondary N) is 2. The highest BCUT2D eigenvalue weighted by Gasteiger charge is 2.09. The lowest BCUT2D eigenvalue weighted by atomic mass is 10.1. The van der Waals surface area contributed by atoms with Crippen molar-refractivity contribution in [3.63, 3.8) is 0 Å². The molecule has 0 aliphatic heterocycles. The van der Waals surface area contributed by atoms with Crippen LogP contribution in [0.15, 0.2) is 54.6 Å². The van der Waals surface area contributed by atoms with Crippen LogP contribution in [0, 0.1) is 12.7 Å². The summed E-state index contributed by atoms with van der Waals surface area (Å²) in [5.74, 6) is 0.925. The van der Waals surface area contributed by atoms with Crippen molar-refractivity contribution in [2.24, 2.45) is 0 Å². The molecule has 0 bridgehead atoms. The molecular formula is C21H23FN4. The number of benzene rings is 2. The van der Waals surface area contributed by atoms with Crippen molar-refractivity contribution >= 4 is 17.5 Å². The monoisotopic (exact) mass is 350 g/mol. The Balaban J connectivity index is 1.97. The molecule has 134 valence electrons. The van der Waals surface area contributed by atoms with Crippen molar-refractivity contribution in [1.82, 2.24) is 9.97 Å². The van der Waals surface area contributed by atoms with E-state index in [1.54, 1.807) is 13.0 Å². The second-order valence-electron chi connectivity index (χ2n) is 6.37. The van der Waals surface area contributed by atoms with Gasteiger partial charge in [0.25, 0.3) is 0 Å². The van der Waals surface area contributed by atoms with E-state index in [0.717, 1.165) is 17.7 Å². The fourth-order valence-corrected chi connectivity index (χ4v) is 2.47. The fraction of sp³-hybridized carbons (Fsp3) is 0.238. The van der Waals surface area contributed by atoms with Gasteiger partial charge < -0.3 is 10.6 Å². The van der Waals surface area contributed by atoms with Crippen molar-refractivity contribution in [2.45, 2.75) is 33.2 Å². The lowest BCUT2D eigenvalue weighted by Crippen LogP contribution is -2.16. The summed E-state index contributed by atoms with van der Waals surface area (Å²) in [6.45, 7) is 5.93. The minimum atomic E-state index is -0.245. The minimum absolute atomic E-state index is 0.245. The van der Waals surface area contributed by atoms with Gasteiger partial charge in [0, 0.05) is 23.4 Å². The number of hydrogen-bond donors (Lipinski definition) is 2. The molecule has 3 aromatic rings. The van der Waals surface area contributed by atoms with Crippen LogP contribution in [0.25, 0.3) is 11.3 Å². The first-order valence-corrected chi connectivity index (χ1v) is 8.79. The van der Waals surface area contributed by atoms with Crippen LogP contribution in [0.3, 0.4) is 0 Å². The van der Waals surface area contributed by atoms with Gasteiger partial charge in [-0.15, -0.1) is 0 Å². The van der Waals surface area contributed by atoms with Crippen molar-refractivity contribution in [2.75, 3.05) is 10.6 Å². The highest BCUT2D eigenvalue weighted by molar-refractivity contribution is 5.67. The molecule has 5 heteroatoms. The Morgan fingerprint density at radius 3 is 2.50 bits per heavy atom. The molecule has 2 N–H and O–H groups in total. The van der Waals surface area contributed by atoms with Crippen molar-refractivity contribution in [3.8, 4) is 11.3 Å². The van der Waals surface area contributed by atoms with E-state index in [1.807, 2.05) is 42.5 Å². The first-order chi connectivity index (χ1) is 12.5. The zero-order valence-corrected chi connectivity index (χ0v) is 15.3. The zero-order chi connectivity index (χ0) is 18.5. The smallest absolute Gasteiger partial charge is 0.225 e. The van der Waals surface area contributed by atoms with E-state index in [1.165, 1.54) is 6.07 Å². The SMILES string of the molecule is CC[C@H](C)Nc1nc(Nc2ccc(C)c(F)c2)cc(-c2ccccc2)n1. The summed E-state index contributed by atoms with van der Waals surface area (Å²) in [5, 5.41) is 6.49. The Labute approximate surface area is 153 Å². The molecule has 0 aliphatic rings. The standard InChI is InChI=1S/C21H23FN4/c1-4-15(3)23-21-25-19(16-8-6-5-7-9-16)13-20(26-21)24-17-11-10-14(2)18(22)12-17/h5-13,15H,4H2,1-3H3,(H2,23,24,25,26)/t15-/m0/s1. The maximum absolute atomic E-state index is 13.8. The lowest BCUT2D eigenvalue weighted by Gasteiger charge is -2.15. The second kappa shape index (κ2) is 7.95. The van der Waals surface area contributed by atoms with E-state index in [0.29, 0.717) is 23.0 Å². The van der Waals surface area contributed by atoms with Gasteiger partial charge in [-0.3, -0.25) is 0 Å². The lowest BCUT2D eigenvalue weighted by molar-refractivity contribution is 0.619. The van der Waals surface area contributed by atoms with Crippen molar-refractivity contribution in [1.29, 1.82) is 0 Å². The second-order valence-corrected chi connectivity index (χ2v) is 6.37. The molecule has 0 aliphatic carbocycles. The minimum Gasteiger partial charge on any atom is -0.352 e. The van der Waals surface area contributed by atoms with Gasteiger partial charge in [-0.2, -0.15) is 4.98 Å². The molecule has 0 fully saturated rings. The number of nitrogens with zero attached hydrogens (tertiary/aromatic N) is 2. The van der Waals surface area contributed by atoms with Crippen LogP contribution in [0.2, 0.25) is 0 Å². The summed E-state index contributed by atoms with van der Waals surface area (Å²) < 4.78 is 13.8. The summed E-state index contributed by atoms with van der Waals surface area (Å²) in [6.07, 6.45) is 0.963. The van der Waals surface area contributed by atoms with E-state index in [9.17, 15) is 4.39 Å². The Hall–Kier alpha value is -2.95. The first-order valence-electron chi connectivity index (χ1n) is 8.79. The number of aromatic nitrogens is 2. The maximum Gasteiger partial charge on any atom is 0.225 e. The van der Waals surface area contributed by atoms with Crippen molar-refractivity contribution in [3.05, 3.63) is 66.0 Å². The van der Waals surface area contributed by atoms with Gasteiger partial charge in [0.2, 0.25) is 5.95 Å². The summed E-state index contributed by atoms with van der Waals surface area (Å²) in [7, 11) is 0. The largest absolute Gasteiger partial charge is 0.352 e. The van der Waals surface area contributed by atoms with Crippen LogP contribution < -0.4 is 10.6 Å². The first kappa shape index (κ1) is 17.9. The molecule has 2 aromatic carbocycles. The Kier molecular flexibility index (Phi) is 5.46. The highest BCUT2D eigenvalue weighted by Crippen LogP contribution is 2.24. The summed E-state index contributed by atoms with van der Waals surface area (Å²) >= 11 is 0. The quantitative estimate of drug-likeness (QED) is 0.612. The molecular weight excluding hydrogens is 327 g/mol. The van der Waals surface area contributed by atoms with Crippen LogP contribution in [0.5, 0.6) is 0 Å². The molecule has 3 rings (SSSR count). The highest BCUT2D eigenvalue weighted by atomic mass is 19.1.